The molecule has 0 atom stereocenters. The molecule has 0 bridgehead atoms. The molecule has 4 heteroatoms. The van der Waals surface area contributed by atoms with Gasteiger partial charge in [0, 0.05) is 37.3 Å². The number of carbonyl (C=O) groups is 1. The molecule has 4 nitrogen and oxygen atoms in total. The summed E-state index contributed by atoms with van der Waals surface area (Å²) in [5.41, 5.74) is 8.17. The van der Waals surface area contributed by atoms with Crippen LogP contribution in [0.2, 0.25) is 0 Å². The van der Waals surface area contributed by atoms with Crippen LogP contribution < -0.4 is 5.73 Å². The summed E-state index contributed by atoms with van der Waals surface area (Å²) in [5.74, 6) is 0.327. The summed E-state index contributed by atoms with van der Waals surface area (Å²) in [4.78, 5) is 12.1. The zero-order valence-electron chi connectivity index (χ0n) is 16.0. The molecule has 1 aliphatic rings. The number of hydrogen-bond donors (Lipinski definition) is 1. The van der Waals surface area contributed by atoms with E-state index in [1.54, 1.807) is 12.2 Å². The van der Waals surface area contributed by atoms with Crippen LogP contribution >= 0.6 is 0 Å². The van der Waals surface area contributed by atoms with Crippen molar-refractivity contribution >= 4 is 17.2 Å². The summed E-state index contributed by atoms with van der Waals surface area (Å²) < 4.78 is 11.7. The highest BCUT2D eigenvalue weighted by Gasteiger charge is 2.28. The Balaban J connectivity index is 1.75. The van der Waals surface area contributed by atoms with Gasteiger partial charge in [-0.15, -0.1) is 0 Å². The van der Waals surface area contributed by atoms with Gasteiger partial charge in [0.15, 0.2) is 5.78 Å². The van der Waals surface area contributed by atoms with Crippen molar-refractivity contribution in [2.24, 2.45) is 5.73 Å². The van der Waals surface area contributed by atoms with Gasteiger partial charge in [0.1, 0.15) is 11.5 Å². The first-order valence-electron chi connectivity index (χ1n) is 9.03. The third kappa shape index (κ3) is 5.24. The minimum Gasteiger partial charge on any atom is -0.453 e. The lowest BCUT2D eigenvalue weighted by Crippen LogP contribution is -2.30. The van der Waals surface area contributed by atoms with E-state index >= 15 is 0 Å². The minimum atomic E-state index is -0.804. The molecule has 2 aromatic carbocycles. The first kappa shape index (κ1) is 19.2. The van der Waals surface area contributed by atoms with E-state index in [0.29, 0.717) is 11.5 Å². The van der Waals surface area contributed by atoms with Crippen LogP contribution in [0, 0.1) is 0 Å². The van der Waals surface area contributed by atoms with E-state index in [-0.39, 0.29) is 5.78 Å². The second-order valence-corrected chi connectivity index (χ2v) is 6.77. The lowest BCUT2D eigenvalue weighted by Gasteiger charge is -2.33. The number of hydrogen-bond acceptors (Lipinski definition) is 4. The smallest absolute Gasteiger partial charge is 0.245 e. The molecule has 28 heavy (non-hydrogen) atoms. The van der Waals surface area contributed by atoms with Crippen molar-refractivity contribution in [2.45, 2.75) is 19.6 Å². The minimum absolute atomic E-state index is 0.197. The van der Waals surface area contributed by atoms with Crippen LogP contribution in [0.3, 0.4) is 0 Å². The average molecular weight is 373 g/mol. The fraction of sp³-hybridized carbons (Fsp3) is 0.125. The van der Waals surface area contributed by atoms with Crippen molar-refractivity contribution < 1.29 is 14.3 Å². The van der Waals surface area contributed by atoms with Crippen molar-refractivity contribution in [2.75, 3.05) is 0 Å². The fourth-order valence-corrected chi connectivity index (χ4v) is 2.74. The third-order valence-electron chi connectivity index (χ3n) is 3.98. The number of nitrogens with two attached hydrogens (primary N) is 1. The number of ether oxygens (including phenoxy) is 2. The van der Waals surface area contributed by atoms with Gasteiger partial charge in [-0.25, -0.2) is 0 Å². The lowest BCUT2D eigenvalue weighted by molar-refractivity contribution is -0.149. The van der Waals surface area contributed by atoms with Crippen LogP contribution in [-0.4, -0.2) is 11.6 Å². The van der Waals surface area contributed by atoms with Gasteiger partial charge < -0.3 is 15.2 Å². The fourth-order valence-electron chi connectivity index (χ4n) is 2.74. The number of rotatable bonds is 5. The number of carbonyl (C=O) groups excluding carboxylic acids is 1. The van der Waals surface area contributed by atoms with E-state index in [2.05, 4.69) is 0 Å². The molecule has 0 saturated heterocycles. The zero-order valence-corrected chi connectivity index (χ0v) is 16.0. The first-order chi connectivity index (χ1) is 13.4. The van der Waals surface area contributed by atoms with Gasteiger partial charge in [0.2, 0.25) is 5.79 Å². The van der Waals surface area contributed by atoms with Gasteiger partial charge in [0.05, 0.1) is 0 Å². The van der Waals surface area contributed by atoms with Crippen molar-refractivity contribution in [3.63, 3.8) is 0 Å². The first-order valence-corrected chi connectivity index (χ1v) is 9.03. The highest BCUT2D eigenvalue weighted by molar-refractivity contribution is 6.03. The Hall–Kier alpha value is -3.53. The van der Waals surface area contributed by atoms with Crippen LogP contribution in [0.1, 0.15) is 25.0 Å². The SMILES string of the molecule is CC1(C)OC(c2ccccc2)=C/C(=C/C=C/C(=O)/C=C(\N)c2ccccc2)O1. The average Bonchev–Trinajstić information content (AvgIpc) is 2.68. The summed E-state index contributed by atoms with van der Waals surface area (Å²) in [6.45, 7) is 3.68. The van der Waals surface area contributed by atoms with Gasteiger partial charge in [-0.3, -0.25) is 4.79 Å². The Morgan fingerprint density at radius 1 is 0.964 bits per heavy atom. The summed E-state index contributed by atoms with van der Waals surface area (Å²) in [7, 11) is 0. The maximum atomic E-state index is 12.1. The molecule has 0 unspecified atom stereocenters. The molecule has 2 N–H and O–H groups in total. The van der Waals surface area contributed by atoms with Crippen molar-refractivity contribution in [1.29, 1.82) is 0 Å². The summed E-state index contributed by atoms with van der Waals surface area (Å²) >= 11 is 0. The predicted molar refractivity (Wildman–Crippen MR) is 112 cm³/mol. The van der Waals surface area contributed by atoms with Crippen molar-refractivity contribution in [3.05, 3.63) is 108 Å². The standard InChI is InChI=1S/C24H23NO3/c1-24(2)27-21(17-23(28-24)19-12-7-4-8-13-19)15-9-14-20(26)16-22(25)18-10-5-3-6-11-18/h3-17H,25H2,1-2H3/b14-9+,21-15-,22-16-. The molecule has 3 rings (SSSR count). The van der Waals surface area contributed by atoms with Crippen LogP contribution in [-0.2, 0) is 14.3 Å². The monoisotopic (exact) mass is 373 g/mol. The van der Waals surface area contributed by atoms with E-state index in [1.165, 1.54) is 12.2 Å². The van der Waals surface area contributed by atoms with E-state index in [1.807, 2.05) is 80.6 Å². The molecule has 1 heterocycles. The van der Waals surface area contributed by atoms with Crippen molar-refractivity contribution in [3.8, 4) is 0 Å². The molecule has 1 aliphatic heterocycles. The molecule has 0 aliphatic carbocycles. The molecular formula is C24H23NO3. The molecule has 0 radical (unpaired) electrons. The van der Waals surface area contributed by atoms with Gasteiger partial charge >= 0.3 is 0 Å². The second-order valence-electron chi connectivity index (χ2n) is 6.77. The van der Waals surface area contributed by atoms with Crippen molar-refractivity contribution in [1.82, 2.24) is 0 Å². The van der Waals surface area contributed by atoms with E-state index < -0.39 is 5.79 Å². The van der Waals surface area contributed by atoms with E-state index in [4.69, 9.17) is 15.2 Å². The molecule has 0 spiro atoms. The van der Waals surface area contributed by atoms with E-state index in [0.717, 1.165) is 16.9 Å². The van der Waals surface area contributed by atoms with Gasteiger partial charge in [0.25, 0.3) is 0 Å². The Bertz CT molecular complexity index is 952. The maximum absolute atomic E-state index is 12.1. The molecule has 0 amide bonds. The number of allylic oxidation sites excluding steroid dienone is 5. The Morgan fingerprint density at radius 2 is 1.61 bits per heavy atom. The van der Waals surface area contributed by atoms with Crippen LogP contribution in [0.4, 0.5) is 0 Å². The molecular weight excluding hydrogens is 350 g/mol. The maximum Gasteiger partial charge on any atom is 0.245 e. The largest absolute Gasteiger partial charge is 0.453 e. The van der Waals surface area contributed by atoms with Crippen LogP contribution in [0.5, 0.6) is 0 Å². The zero-order chi connectivity index (χ0) is 20.0. The summed E-state index contributed by atoms with van der Waals surface area (Å²) in [6.07, 6.45) is 8.04. The third-order valence-corrected chi connectivity index (χ3v) is 3.98. The summed E-state index contributed by atoms with van der Waals surface area (Å²) in [6, 6.07) is 19.2. The Labute approximate surface area is 165 Å². The van der Waals surface area contributed by atoms with E-state index in [9.17, 15) is 4.79 Å². The van der Waals surface area contributed by atoms with Crippen LogP contribution in [0.25, 0.3) is 11.5 Å². The number of ketones is 1. The molecule has 0 fully saturated rings. The topological polar surface area (TPSA) is 61.5 Å². The predicted octanol–water partition coefficient (Wildman–Crippen LogP) is 4.82. The quantitative estimate of drug-likeness (QED) is 0.764. The Morgan fingerprint density at radius 3 is 2.29 bits per heavy atom. The van der Waals surface area contributed by atoms with Crippen LogP contribution in [0.15, 0.2) is 96.8 Å². The summed E-state index contributed by atoms with van der Waals surface area (Å²) in [5, 5.41) is 0. The highest BCUT2D eigenvalue weighted by atomic mass is 16.7. The molecule has 0 saturated carbocycles. The molecule has 0 aromatic heterocycles. The Kier molecular flexibility index (Phi) is 5.80. The van der Waals surface area contributed by atoms with Gasteiger partial charge in [-0.05, 0) is 17.7 Å². The molecule has 2 aromatic rings. The normalized spacial score (nSPS) is 17.7. The van der Waals surface area contributed by atoms with Gasteiger partial charge in [-0.1, -0.05) is 66.7 Å². The number of benzene rings is 2. The van der Waals surface area contributed by atoms with Gasteiger partial charge in [-0.2, -0.15) is 0 Å². The second kappa shape index (κ2) is 8.44. The lowest BCUT2D eigenvalue weighted by atomic mass is 10.1. The highest BCUT2D eigenvalue weighted by Crippen LogP contribution is 2.32. The molecule has 142 valence electrons.